The number of nitrogens with two attached hydrogens (primary N) is 1. The first-order valence-electron chi connectivity index (χ1n) is 7.95. The number of imidazole rings is 1. The summed E-state index contributed by atoms with van der Waals surface area (Å²) in [6.45, 7) is 6.11. The molecule has 1 saturated heterocycles. The number of carbonyl (C=O) groups is 1. The summed E-state index contributed by atoms with van der Waals surface area (Å²) < 4.78 is 2.17. The maximum atomic E-state index is 11.9. The highest BCUT2D eigenvalue weighted by molar-refractivity contribution is 7.98. The van der Waals surface area contributed by atoms with E-state index in [0.717, 1.165) is 24.4 Å². The topological polar surface area (TPSA) is 72.4 Å². The van der Waals surface area contributed by atoms with Gasteiger partial charge in [0.05, 0.1) is 17.6 Å². The zero-order valence-electron chi connectivity index (χ0n) is 13.7. The quantitative estimate of drug-likeness (QED) is 0.836. The Labute approximate surface area is 140 Å². The Hall–Kier alpha value is -1.53. The monoisotopic (exact) mass is 330 g/mol. The summed E-state index contributed by atoms with van der Waals surface area (Å²) in [6.07, 6.45) is 6.08. The predicted octanol–water partition coefficient (Wildman–Crippen LogP) is 1.65. The number of fused-ring (bicyclic) bond motifs is 2. The summed E-state index contributed by atoms with van der Waals surface area (Å²) in [7, 11) is 0. The molecule has 3 N–H and O–H groups in total. The average Bonchev–Trinajstić information content (AvgIpc) is 2.88. The number of amides is 1. The van der Waals surface area contributed by atoms with Crippen molar-refractivity contribution in [2.45, 2.75) is 24.2 Å². The summed E-state index contributed by atoms with van der Waals surface area (Å²) >= 11 is 1.72. The van der Waals surface area contributed by atoms with Gasteiger partial charge >= 0.3 is 0 Å². The van der Waals surface area contributed by atoms with Gasteiger partial charge in [-0.15, -0.1) is 11.8 Å². The molecule has 1 amide bonds. The van der Waals surface area contributed by atoms with E-state index in [2.05, 4.69) is 48.2 Å². The molecule has 1 aliphatic carbocycles. The number of rotatable bonds is 4. The molecule has 3 heterocycles. The molecule has 2 aliphatic rings. The van der Waals surface area contributed by atoms with Gasteiger partial charge in [0.1, 0.15) is 5.82 Å². The van der Waals surface area contributed by atoms with Crippen molar-refractivity contribution in [3.8, 4) is 0 Å². The first-order valence-corrected chi connectivity index (χ1v) is 9.18. The molecule has 3 unspecified atom stereocenters. The second-order valence-electron chi connectivity index (χ2n) is 7.20. The van der Waals surface area contributed by atoms with Crippen molar-refractivity contribution in [3.05, 3.63) is 30.4 Å². The minimum Gasteiger partial charge on any atom is -0.369 e. The molecule has 122 valence electrons. The van der Waals surface area contributed by atoms with Crippen molar-refractivity contribution in [2.24, 2.45) is 23.0 Å². The van der Waals surface area contributed by atoms with Crippen molar-refractivity contribution in [3.63, 3.8) is 0 Å². The zero-order chi connectivity index (χ0) is 16.4. The van der Waals surface area contributed by atoms with Crippen molar-refractivity contribution in [1.82, 2.24) is 14.7 Å². The molecule has 4 rings (SSSR count). The Morgan fingerprint density at radius 3 is 3.00 bits per heavy atom. The van der Waals surface area contributed by atoms with Gasteiger partial charge in [-0.2, -0.15) is 0 Å². The fraction of sp³-hybridized carbons (Fsp3) is 0.529. The number of hydrogen-bond acceptors (Lipinski definition) is 4. The van der Waals surface area contributed by atoms with Gasteiger partial charge in [-0.25, -0.2) is 4.98 Å². The van der Waals surface area contributed by atoms with Gasteiger partial charge in [-0.3, -0.25) is 4.79 Å². The van der Waals surface area contributed by atoms with Crippen LogP contribution in [0, 0.1) is 17.3 Å². The second-order valence-corrected chi connectivity index (χ2v) is 8.04. The van der Waals surface area contributed by atoms with Crippen molar-refractivity contribution in [2.75, 3.05) is 19.3 Å². The molecule has 0 aromatic carbocycles. The number of hydrogen-bond donors (Lipinski definition) is 2. The van der Waals surface area contributed by atoms with E-state index in [-0.39, 0.29) is 22.7 Å². The number of pyridine rings is 1. The van der Waals surface area contributed by atoms with Gasteiger partial charge in [0.15, 0.2) is 0 Å². The highest BCUT2D eigenvalue weighted by atomic mass is 32.2. The third-order valence-electron chi connectivity index (χ3n) is 6.07. The Bertz CT molecular complexity index is 799. The van der Waals surface area contributed by atoms with Crippen LogP contribution in [0.15, 0.2) is 29.4 Å². The molecular weight excluding hydrogens is 308 g/mol. The lowest BCUT2D eigenvalue weighted by molar-refractivity contribution is -0.120. The average molecular weight is 330 g/mol. The Balaban J connectivity index is 1.85. The number of thioether (sulfide) groups is 1. The van der Waals surface area contributed by atoms with E-state index in [1.807, 2.05) is 6.20 Å². The first-order chi connectivity index (χ1) is 10.9. The summed E-state index contributed by atoms with van der Waals surface area (Å²) in [5, 5.41) is 3.44. The van der Waals surface area contributed by atoms with E-state index in [0.29, 0.717) is 5.92 Å². The highest BCUT2D eigenvalue weighted by Crippen LogP contribution is 2.69. The number of primary amides is 1. The van der Waals surface area contributed by atoms with Gasteiger partial charge in [0.2, 0.25) is 5.91 Å². The van der Waals surface area contributed by atoms with Crippen LogP contribution in [0.2, 0.25) is 0 Å². The molecule has 5 nitrogen and oxygen atoms in total. The summed E-state index contributed by atoms with van der Waals surface area (Å²) in [5.41, 5.74) is 6.46. The fourth-order valence-electron chi connectivity index (χ4n) is 4.86. The summed E-state index contributed by atoms with van der Waals surface area (Å²) in [4.78, 5) is 17.9. The number of piperidine rings is 1. The Morgan fingerprint density at radius 2 is 2.35 bits per heavy atom. The summed E-state index contributed by atoms with van der Waals surface area (Å²) in [5.74, 6) is 1.12. The number of aromatic nitrogens is 2. The summed E-state index contributed by atoms with van der Waals surface area (Å²) in [6, 6.07) is 4.17. The van der Waals surface area contributed by atoms with Gasteiger partial charge in [-0.05, 0) is 30.9 Å². The van der Waals surface area contributed by atoms with Crippen LogP contribution in [0.4, 0.5) is 0 Å². The van der Waals surface area contributed by atoms with Crippen molar-refractivity contribution >= 4 is 23.2 Å². The zero-order valence-corrected chi connectivity index (χ0v) is 14.5. The van der Waals surface area contributed by atoms with E-state index < -0.39 is 0 Å². The van der Waals surface area contributed by atoms with Crippen LogP contribution in [0.5, 0.6) is 0 Å². The van der Waals surface area contributed by atoms with E-state index in [1.165, 1.54) is 4.90 Å². The Morgan fingerprint density at radius 1 is 1.57 bits per heavy atom. The normalized spacial score (nSPS) is 29.7. The van der Waals surface area contributed by atoms with Gasteiger partial charge in [0.25, 0.3) is 0 Å². The van der Waals surface area contributed by atoms with Crippen LogP contribution < -0.4 is 11.1 Å². The maximum Gasteiger partial charge on any atom is 0.221 e. The molecule has 6 heteroatoms. The molecule has 1 saturated carbocycles. The van der Waals surface area contributed by atoms with E-state index >= 15 is 0 Å². The van der Waals surface area contributed by atoms with Gasteiger partial charge < -0.3 is 15.5 Å². The molecule has 2 fully saturated rings. The molecule has 0 radical (unpaired) electrons. The van der Waals surface area contributed by atoms with Crippen LogP contribution >= 0.6 is 11.8 Å². The van der Waals surface area contributed by atoms with E-state index in [1.54, 1.807) is 11.8 Å². The van der Waals surface area contributed by atoms with E-state index in [9.17, 15) is 4.79 Å². The van der Waals surface area contributed by atoms with Crippen LogP contribution in [0.3, 0.4) is 0 Å². The standard InChI is InChI=1S/C17H22N4OS/c1-16(2,17-9-19-7-10(17)13(17)14(18)22)15-20-8-11-12(23-3)5-4-6-21(11)15/h4-6,8,10,13,19H,7,9H2,1-3H3,(H2,18,22). The first kappa shape index (κ1) is 15.0. The van der Waals surface area contributed by atoms with Crippen molar-refractivity contribution in [1.29, 1.82) is 0 Å². The molecule has 3 atom stereocenters. The van der Waals surface area contributed by atoms with Gasteiger partial charge in [0, 0.05) is 28.5 Å². The lowest BCUT2D eigenvalue weighted by Gasteiger charge is -2.33. The number of nitrogens with one attached hydrogen (secondary N) is 1. The molecule has 0 bridgehead atoms. The lowest BCUT2D eigenvalue weighted by atomic mass is 9.73. The van der Waals surface area contributed by atoms with E-state index in [4.69, 9.17) is 10.7 Å². The predicted molar refractivity (Wildman–Crippen MR) is 91.5 cm³/mol. The third kappa shape index (κ3) is 1.73. The molecule has 2 aromatic heterocycles. The van der Waals surface area contributed by atoms with Crippen LogP contribution in [0.25, 0.3) is 5.52 Å². The lowest BCUT2D eigenvalue weighted by Crippen LogP contribution is -2.41. The van der Waals surface area contributed by atoms with Crippen LogP contribution in [0.1, 0.15) is 19.7 Å². The number of carbonyl (C=O) groups excluding carboxylic acids is 1. The molecule has 1 aliphatic heterocycles. The number of nitrogens with zero attached hydrogens (tertiary/aromatic N) is 2. The molecule has 0 spiro atoms. The largest absolute Gasteiger partial charge is 0.369 e. The molecule has 2 aromatic rings. The smallest absolute Gasteiger partial charge is 0.221 e. The van der Waals surface area contributed by atoms with Crippen LogP contribution in [-0.4, -0.2) is 34.6 Å². The Kier molecular flexibility index (Phi) is 3.09. The highest BCUT2D eigenvalue weighted by Gasteiger charge is 2.76. The SMILES string of the molecule is CSc1cccn2c(C(C)(C)C34CNCC3C4C(N)=O)ncc12. The van der Waals surface area contributed by atoms with Crippen LogP contribution in [-0.2, 0) is 10.2 Å². The maximum absolute atomic E-state index is 11.9. The molecule has 23 heavy (non-hydrogen) atoms. The minimum atomic E-state index is -0.232. The minimum absolute atomic E-state index is 0.0465. The van der Waals surface area contributed by atoms with Gasteiger partial charge in [-0.1, -0.05) is 13.8 Å². The third-order valence-corrected chi connectivity index (χ3v) is 6.86. The van der Waals surface area contributed by atoms with Crippen molar-refractivity contribution < 1.29 is 4.79 Å². The fourth-order valence-corrected chi connectivity index (χ4v) is 5.43. The molecular formula is C17H22N4OS. The second kappa shape index (κ2) is 4.74.